The maximum Gasteiger partial charge on any atom is 0.171 e. The molecule has 0 aromatic heterocycles. The van der Waals surface area contributed by atoms with E-state index in [1.165, 1.54) is 6.07 Å². The summed E-state index contributed by atoms with van der Waals surface area (Å²) in [6, 6.07) is 3.09. The first-order chi connectivity index (χ1) is 5.15. The third kappa shape index (κ3) is 2.27. The van der Waals surface area contributed by atoms with Gasteiger partial charge >= 0.3 is 0 Å². The Morgan fingerprint density at radius 3 is 2.33 bits per heavy atom. The van der Waals surface area contributed by atoms with Crippen molar-refractivity contribution in [1.82, 2.24) is 0 Å². The van der Waals surface area contributed by atoms with Crippen molar-refractivity contribution in [3.8, 4) is 11.5 Å². The van der Waals surface area contributed by atoms with Crippen LogP contribution in [0.4, 0.5) is 0 Å². The van der Waals surface area contributed by atoms with E-state index in [-0.39, 0.29) is 23.9 Å². The lowest BCUT2D eigenvalue weighted by molar-refractivity contribution is 0.401. The first kappa shape index (κ1) is 11.6. The first-order valence-corrected chi connectivity index (χ1v) is 3.85. The number of benzene rings is 1. The van der Waals surface area contributed by atoms with Crippen LogP contribution in [0.3, 0.4) is 0 Å². The molecule has 4 N–H and O–H groups in total. The van der Waals surface area contributed by atoms with Crippen molar-refractivity contribution in [3.05, 3.63) is 22.2 Å². The van der Waals surface area contributed by atoms with Crippen LogP contribution in [0.25, 0.3) is 0 Å². The second-order valence-corrected chi connectivity index (χ2v) is 3.00. The Morgan fingerprint density at radius 2 is 1.92 bits per heavy atom. The van der Waals surface area contributed by atoms with E-state index in [1.807, 2.05) is 0 Å². The maximum atomic E-state index is 9.09. The van der Waals surface area contributed by atoms with Crippen LogP contribution in [0.1, 0.15) is 5.56 Å². The van der Waals surface area contributed by atoms with Gasteiger partial charge in [-0.15, -0.1) is 12.4 Å². The van der Waals surface area contributed by atoms with E-state index in [2.05, 4.69) is 15.9 Å². The Bertz CT molecular complexity index is 257. The second-order valence-electron chi connectivity index (χ2n) is 2.15. The number of phenolic OH excluding ortho intramolecular Hbond substituents is 2. The fourth-order valence-electron chi connectivity index (χ4n) is 0.757. The Morgan fingerprint density at radius 1 is 1.33 bits per heavy atom. The van der Waals surface area contributed by atoms with Crippen LogP contribution in [-0.2, 0) is 6.54 Å². The molecule has 0 saturated carbocycles. The minimum Gasteiger partial charge on any atom is -0.504 e. The lowest BCUT2D eigenvalue weighted by Crippen LogP contribution is -1.95. The van der Waals surface area contributed by atoms with Crippen LogP contribution in [0, 0.1) is 0 Å². The van der Waals surface area contributed by atoms with Gasteiger partial charge in [0.25, 0.3) is 0 Å². The zero-order chi connectivity index (χ0) is 8.43. The predicted octanol–water partition coefficient (Wildman–Crippen LogP) is 1.74. The summed E-state index contributed by atoms with van der Waals surface area (Å²) < 4.78 is 0.456. The van der Waals surface area contributed by atoms with Gasteiger partial charge in [0.05, 0.1) is 4.47 Å². The molecule has 0 radical (unpaired) electrons. The fourth-order valence-corrected chi connectivity index (χ4v) is 1.25. The fraction of sp³-hybridized carbons (Fsp3) is 0.143. The molecule has 1 aromatic rings. The zero-order valence-electron chi connectivity index (χ0n) is 6.12. The van der Waals surface area contributed by atoms with Gasteiger partial charge in [-0.2, -0.15) is 0 Å². The van der Waals surface area contributed by atoms with Crippen molar-refractivity contribution in [3.63, 3.8) is 0 Å². The Labute approximate surface area is 84.7 Å². The summed E-state index contributed by atoms with van der Waals surface area (Å²) in [5.41, 5.74) is 6.09. The van der Waals surface area contributed by atoms with E-state index in [9.17, 15) is 0 Å². The molecule has 0 amide bonds. The summed E-state index contributed by atoms with van der Waals surface area (Å²) in [4.78, 5) is 0. The summed E-state index contributed by atoms with van der Waals surface area (Å²) in [5.74, 6) is -0.304. The minimum atomic E-state index is -0.153. The van der Waals surface area contributed by atoms with Crippen molar-refractivity contribution < 1.29 is 10.2 Å². The van der Waals surface area contributed by atoms with Crippen LogP contribution in [0.15, 0.2) is 16.6 Å². The normalized spacial score (nSPS) is 9.17. The molecule has 5 heteroatoms. The second kappa shape index (κ2) is 4.54. The Hall–Kier alpha value is -0.450. The average Bonchev–Trinajstić information content (AvgIpc) is 1.99. The number of nitrogens with two attached hydrogens (primary N) is 1. The standard InChI is InChI=1S/C7H8BrNO2.ClH/c8-5-1-4(3-9)2-6(10)7(5)11;/h1-2,10-11H,3,9H2;1H. The maximum absolute atomic E-state index is 9.09. The summed E-state index contributed by atoms with van der Waals surface area (Å²) in [7, 11) is 0. The third-order valence-corrected chi connectivity index (χ3v) is 1.94. The zero-order valence-corrected chi connectivity index (χ0v) is 8.52. The van der Waals surface area contributed by atoms with Gasteiger partial charge in [0.15, 0.2) is 11.5 Å². The number of hydrogen-bond acceptors (Lipinski definition) is 3. The van der Waals surface area contributed by atoms with Crippen LogP contribution >= 0.6 is 28.3 Å². The number of aromatic hydroxyl groups is 2. The number of halogens is 2. The molecule has 0 aliphatic carbocycles. The van der Waals surface area contributed by atoms with Gasteiger partial charge < -0.3 is 15.9 Å². The quantitative estimate of drug-likeness (QED) is 0.669. The van der Waals surface area contributed by atoms with Crippen molar-refractivity contribution in [1.29, 1.82) is 0 Å². The molecule has 68 valence electrons. The van der Waals surface area contributed by atoms with E-state index in [4.69, 9.17) is 15.9 Å². The molecule has 0 aliphatic rings. The molecule has 12 heavy (non-hydrogen) atoms. The summed E-state index contributed by atoms with van der Waals surface area (Å²) in [5, 5.41) is 18.2. The lowest BCUT2D eigenvalue weighted by atomic mass is 10.2. The lowest BCUT2D eigenvalue weighted by Gasteiger charge is -2.02. The van der Waals surface area contributed by atoms with Crippen molar-refractivity contribution in [2.75, 3.05) is 0 Å². The highest BCUT2D eigenvalue weighted by Crippen LogP contribution is 2.33. The molecule has 0 atom stereocenters. The van der Waals surface area contributed by atoms with Crippen molar-refractivity contribution >= 4 is 28.3 Å². The molecule has 0 fully saturated rings. The summed E-state index contributed by atoms with van der Waals surface area (Å²) in [6.07, 6.45) is 0. The van der Waals surface area contributed by atoms with E-state index in [1.54, 1.807) is 6.07 Å². The molecular weight excluding hydrogens is 245 g/mol. The van der Waals surface area contributed by atoms with Gasteiger partial charge in [0.1, 0.15) is 0 Å². The van der Waals surface area contributed by atoms with Gasteiger partial charge in [0, 0.05) is 6.54 Å². The molecule has 3 nitrogen and oxygen atoms in total. The van der Waals surface area contributed by atoms with Crippen LogP contribution in [0.5, 0.6) is 11.5 Å². The number of phenols is 2. The average molecular weight is 255 g/mol. The van der Waals surface area contributed by atoms with Crippen LogP contribution < -0.4 is 5.73 Å². The van der Waals surface area contributed by atoms with Crippen LogP contribution in [-0.4, -0.2) is 10.2 Å². The highest BCUT2D eigenvalue weighted by Gasteiger charge is 2.04. The van der Waals surface area contributed by atoms with E-state index in [0.717, 1.165) is 5.56 Å². The summed E-state index contributed by atoms with van der Waals surface area (Å²) in [6.45, 7) is 0.340. The van der Waals surface area contributed by atoms with Gasteiger partial charge in [-0.3, -0.25) is 0 Å². The largest absolute Gasteiger partial charge is 0.504 e. The first-order valence-electron chi connectivity index (χ1n) is 3.05. The van der Waals surface area contributed by atoms with Crippen molar-refractivity contribution in [2.24, 2.45) is 5.73 Å². The van der Waals surface area contributed by atoms with Gasteiger partial charge in [-0.1, -0.05) is 0 Å². The van der Waals surface area contributed by atoms with Crippen molar-refractivity contribution in [2.45, 2.75) is 6.54 Å². The smallest absolute Gasteiger partial charge is 0.171 e. The monoisotopic (exact) mass is 253 g/mol. The highest BCUT2D eigenvalue weighted by atomic mass is 79.9. The topological polar surface area (TPSA) is 66.5 Å². The molecule has 1 rings (SSSR count). The molecule has 1 aromatic carbocycles. The Balaban J connectivity index is 0.00000121. The Kier molecular flexibility index (Phi) is 4.37. The molecule has 0 saturated heterocycles. The van der Waals surface area contributed by atoms with E-state index >= 15 is 0 Å². The van der Waals surface area contributed by atoms with Gasteiger partial charge in [0.2, 0.25) is 0 Å². The van der Waals surface area contributed by atoms with E-state index in [0.29, 0.717) is 11.0 Å². The number of hydrogen-bond donors (Lipinski definition) is 3. The SMILES string of the molecule is Cl.NCc1cc(O)c(O)c(Br)c1. The molecule has 0 spiro atoms. The minimum absolute atomic E-state index is 0. The molecule has 0 aliphatic heterocycles. The molecule has 0 bridgehead atoms. The third-order valence-electron chi connectivity index (χ3n) is 1.34. The molecule has 0 unspecified atom stereocenters. The highest BCUT2D eigenvalue weighted by molar-refractivity contribution is 9.10. The summed E-state index contributed by atoms with van der Waals surface area (Å²) >= 11 is 3.07. The van der Waals surface area contributed by atoms with Crippen LogP contribution in [0.2, 0.25) is 0 Å². The van der Waals surface area contributed by atoms with E-state index < -0.39 is 0 Å². The predicted molar refractivity (Wildman–Crippen MR) is 52.6 cm³/mol. The molecule has 0 heterocycles. The molecular formula is C7H9BrClNO2. The van der Waals surface area contributed by atoms with Gasteiger partial charge in [-0.25, -0.2) is 0 Å². The number of rotatable bonds is 1. The van der Waals surface area contributed by atoms with Gasteiger partial charge in [-0.05, 0) is 33.6 Å².